The molecule has 1 aromatic rings. The Kier molecular flexibility index (Phi) is 4.78. The van der Waals surface area contributed by atoms with Crippen molar-refractivity contribution in [2.24, 2.45) is 0 Å². The number of hydrogen-bond acceptors (Lipinski definition) is 5. The fourth-order valence-electron chi connectivity index (χ4n) is 3.05. The van der Waals surface area contributed by atoms with E-state index in [-0.39, 0.29) is 5.75 Å². The van der Waals surface area contributed by atoms with Crippen LogP contribution in [0.5, 0.6) is 0 Å². The molecule has 116 valence electrons. The molecule has 2 saturated carbocycles. The molecule has 3 rings (SSSR count). The number of aromatic nitrogens is 3. The Morgan fingerprint density at radius 1 is 1.33 bits per heavy atom. The fourth-order valence-corrected chi connectivity index (χ4v) is 4.59. The van der Waals surface area contributed by atoms with Gasteiger partial charge in [0.05, 0.1) is 5.75 Å². The monoisotopic (exact) mass is 327 g/mol. The van der Waals surface area contributed by atoms with Crippen LogP contribution in [0.2, 0.25) is 0 Å². The van der Waals surface area contributed by atoms with Crippen molar-refractivity contribution in [3.05, 3.63) is 5.82 Å². The fraction of sp³-hybridized carbons (Fsp3) is 0.786. The Morgan fingerprint density at radius 3 is 2.81 bits per heavy atom. The summed E-state index contributed by atoms with van der Waals surface area (Å²) in [5, 5.41) is 19.1. The van der Waals surface area contributed by atoms with Crippen molar-refractivity contribution in [2.75, 3.05) is 12.0 Å². The van der Waals surface area contributed by atoms with E-state index in [4.69, 9.17) is 5.11 Å². The first-order valence-electron chi connectivity index (χ1n) is 7.51. The van der Waals surface area contributed by atoms with Gasteiger partial charge in [0.15, 0.2) is 5.16 Å². The second-order valence-corrected chi connectivity index (χ2v) is 7.93. The van der Waals surface area contributed by atoms with E-state index < -0.39 is 5.97 Å². The Balaban J connectivity index is 1.83. The first-order valence-corrected chi connectivity index (χ1v) is 9.78. The van der Waals surface area contributed by atoms with Crippen LogP contribution >= 0.6 is 23.5 Å². The maximum Gasteiger partial charge on any atom is 0.313 e. The third-order valence-corrected chi connectivity index (χ3v) is 6.28. The summed E-state index contributed by atoms with van der Waals surface area (Å²) in [5.41, 5.74) is 0. The molecular weight excluding hydrogens is 306 g/mol. The maximum absolute atomic E-state index is 10.8. The molecule has 2 unspecified atom stereocenters. The zero-order valence-corrected chi connectivity index (χ0v) is 13.8. The van der Waals surface area contributed by atoms with Gasteiger partial charge in [-0.2, -0.15) is 11.8 Å². The van der Waals surface area contributed by atoms with Crippen molar-refractivity contribution in [2.45, 2.75) is 60.9 Å². The van der Waals surface area contributed by atoms with E-state index in [9.17, 15) is 4.79 Å². The molecule has 2 fully saturated rings. The van der Waals surface area contributed by atoms with Crippen LogP contribution in [0, 0.1) is 0 Å². The highest BCUT2D eigenvalue weighted by molar-refractivity contribution is 7.99. The van der Waals surface area contributed by atoms with Crippen LogP contribution in [0.15, 0.2) is 5.16 Å². The zero-order valence-electron chi connectivity index (χ0n) is 12.2. The van der Waals surface area contributed by atoms with Crippen LogP contribution in [0.1, 0.15) is 56.3 Å². The molecule has 2 aliphatic rings. The molecule has 0 amide bonds. The predicted octanol–water partition coefficient (Wildman–Crippen LogP) is 3.18. The summed E-state index contributed by atoms with van der Waals surface area (Å²) in [6, 6.07) is 0.443. The molecule has 0 spiro atoms. The predicted molar refractivity (Wildman–Crippen MR) is 85.2 cm³/mol. The van der Waals surface area contributed by atoms with Gasteiger partial charge in [-0.1, -0.05) is 18.2 Å². The molecule has 1 heterocycles. The number of aliphatic carboxylic acids is 1. The van der Waals surface area contributed by atoms with Crippen molar-refractivity contribution >= 4 is 29.5 Å². The van der Waals surface area contributed by atoms with E-state index in [1.165, 1.54) is 37.4 Å². The maximum atomic E-state index is 10.8. The highest BCUT2D eigenvalue weighted by atomic mass is 32.2. The van der Waals surface area contributed by atoms with Crippen LogP contribution in [0.3, 0.4) is 0 Å². The SMILES string of the molecule is CSC1CCCC(n2c(SCC(=O)O)nnc2C2CC2)C1. The molecule has 7 heteroatoms. The Hall–Kier alpha value is -0.690. The third-order valence-electron chi connectivity index (χ3n) is 4.26. The van der Waals surface area contributed by atoms with Crippen molar-refractivity contribution in [1.29, 1.82) is 0 Å². The van der Waals surface area contributed by atoms with Gasteiger partial charge >= 0.3 is 5.97 Å². The minimum absolute atomic E-state index is 0.0570. The number of carboxylic acid groups (broad SMARTS) is 1. The third kappa shape index (κ3) is 3.56. The van der Waals surface area contributed by atoms with Gasteiger partial charge in [-0.25, -0.2) is 0 Å². The van der Waals surface area contributed by atoms with Gasteiger partial charge in [0.1, 0.15) is 5.82 Å². The van der Waals surface area contributed by atoms with Crippen LogP contribution in [0.4, 0.5) is 0 Å². The normalized spacial score (nSPS) is 26.0. The molecule has 0 aliphatic heterocycles. The van der Waals surface area contributed by atoms with Gasteiger partial charge in [-0.15, -0.1) is 10.2 Å². The smallest absolute Gasteiger partial charge is 0.313 e. The molecule has 0 radical (unpaired) electrons. The highest BCUT2D eigenvalue weighted by Gasteiger charge is 2.34. The number of rotatable bonds is 6. The molecule has 2 aliphatic carbocycles. The summed E-state index contributed by atoms with van der Waals surface area (Å²) < 4.78 is 2.27. The van der Waals surface area contributed by atoms with Crippen molar-refractivity contribution < 1.29 is 9.90 Å². The lowest BCUT2D eigenvalue weighted by molar-refractivity contribution is -0.133. The molecule has 0 aromatic carbocycles. The summed E-state index contributed by atoms with van der Waals surface area (Å²) in [5.74, 6) is 0.899. The first-order chi connectivity index (χ1) is 10.2. The topological polar surface area (TPSA) is 68.0 Å². The molecule has 2 atom stereocenters. The Morgan fingerprint density at radius 2 is 2.14 bits per heavy atom. The summed E-state index contributed by atoms with van der Waals surface area (Å²) in [7, 11) is 0. The van der Waals surface area contributed by atoms with E-state index in [0.29, 0.717) is 17.2 Å². The quantitative estimate of drug-likeness (QED) is 0.809. The number of nitrogens with zero attached hydrogens (tertiary/aromatic N) is 3. The van der Waals surface area contributed by atoms with Gasteiger partial charge < -0.3 is 9.67 Å². The molecule has 21 heavy (non-hydrogen) atoms. The average Bonchev–Trinajstić information content (AvgIpc) is 3.25. The molecule has 5 nitrogen and oxygen atoms in total. The van der Waals surface area contributed by atoms with Gasteiger partial charge in [0.2, 0.25) is 0 Å². The first kappa shape index (κ1) is 15.2. The zero-order chi connectivity index (χ0) is 14.8. The average molecular weight is 327 g/mol. The number of carbonyl (C=O) groups is 1. The van der Waals surface area contributed by atoms with Crippen LogP contribution in [-0.4, -0.2) is 43.1 Å². The molecule has 1 N–H and O–H groups in total. The second-order valence-electron chi connectivity index (χ2n) is 5.85. The molecular formula is C14H21N3O2S2. The Bertz CT molecular complexity index is 516. The van der Waals surface area contributed by atoms with E-state index in [0.717, 1.165) is 23.8 Å². The highest BCUT2D eigenvalue weighted by Crippen LogP contribution is 2.44. The molecule has 1 aromatic heterocycles. The van der Waals surface area contributed by atoms with Gasteiger partial charge in [0, 0.05) is 17.2 Å². The van der Waals surface area contributed by atoms with Crippen molar-refractivity contribution in [1.82, 2.24) is 14.8 Å². The summed E-state index contributed by atoms with van der Waals surface area (Å²) in [6.07, 6.45) is 9.41. The minimum Gasteiger partial charge on any atom is -0.481 e. The second kappa shape index (κ2) is 6.60. The molecule has 0 bridgehead atoms. The lowest BCUT2D eigenvalue weighted by Crippen LogP contribution is -2.22. The van der Waals surface area contributed by atoms with Gasteiger partial charge in [-0.3, -0.25) is 4.79 Å². The van der Waals surface area contributed by atoms with E-state index in [1.807, 2.05) is 11.8 Å². The van der Waals surface area contributed by atoms with E-state index in [1.54, 1.807) is 0 Å². The summed E-state index contributed by atoms with van der Waals surface area (Å²) in [4.78, 5) is 10.8. The van der Waals surface area contributed by atoms with E-state index in [2.05, 4.69) is 21.0 Å². The van der Waals surface area contributed by atoms with Gasteiger partial charge in [0.25, 0.3) is 0 Å². The lowest BCUT2D eigenvalue weighted by Gasteiger charge is -2.30. The minimum atomic E-state index is -0.798. The summed E-state index contributed by atoms with van der Waals surface area (Å²) >= 11 is 3.25. The summed E-state index contributed by atoms with van der Waals surface area (Å²) in [6.45, 7) is 0. The standard InChI is InChI=1S/C14H21N3O2S2/c1-20-11-4-2-3-10(7-11)17-13(9-5-6-9)15-16-14(17)21-8-12(18)19/h9-11H,2-8H2,1H3,(H,18,19). The molecule has 0 saturated heterocycles. The number of thioether (sulfide) groups is 2. The van der Waals surface area contributed by atoms with Crippen LogP contribution < -0.4 is 0 Å². The number of carboxylic acids is 1. The largest absolute Gasteiger partial charge is 0.481 e. The van der Waals surface area contributed by atoms with Crippen molar-refractivity contribution in [3.8, 4) is 0 Å². The van der Waals surface area contributed by atoms with Gasteiger partial charge in [-0.05, 0) is 38.4 Å². The number of hydrogen-bond donors (Lipinski definition) is 1. The van der Waals surface area contributed by atoms with Crippen LogP contribution in [-0.2, 0) is 4.79 Å². The Labute approximate surface area is 133 Å². The lowest BCUT2D eigenvalue weighted by atomic mass is 9.94. The van der Waals surface area contributed by atoms with Crippen molar-refractivity contribution in [3.63, 3.8) is 0 Å². The van der Waals surface area contributed by atoms with E-state index >= 15 is 0 Å². The van der Waals surface area contributed by atoms with Crippen LogP contribution in [0.25, 0.3) is 0 Å².